The molecule has 0 spiro atoms. The van der Waals surface area contributed by atoms with Gasteiger partial charge in [0.15, 0.2) is 0 Å². The molecule has 0 aromatic carbocycles. The minimum Gasteiger partial charge on any atom is -0.306 e. The third-order valence-corrected chi connectivity index (χ3v) is 3.41. The minimum atomic E-state index is 0.365. The Morgan fingerprint density at radius 3 is 2.00 bits per heavy atom. The van der Waals surface area contributed by atoms with Crippen LogP contribution in [0.2, 0.25) is 0 Å². The Kier molecular flexibility index (Phi) is 2.82. The average Bonchev–Trinajstić information content (AvgIpc) is 2.02. The third kappa shape index (κ3) is 2.01. The van der Waals surface area contributed by atoms with Gasteiger partial charge in [-0.25, -0.2) is 0 Å². The van der Waals surface area contributed by atoms with Crippen LogP contribution < -0.4 is 5.32 Å². The molecule has 1 nitrogen and oxygen atoms in total. The predicted octanol–water partition coefficient (Wildman–Crippen LogP) is 3.10. The van der Waals surface area contributed by atoms with Crippen molar-refractivity contribution in [1.82, 2.24) is 5.32 Å². The van der Waals surface area contributed by atoms with Crippen molar-refractivity contribution in [2.75, 3.05) is 0 Å². The fourth-order valence-corrected chi connectivity index (χ4v) is 2.49. The smallest absolute Gasteiger partial charge is 0.0181 e. The summed E-state index contributed by atoms with van der Waals surface area (Å²) in [5.41, 5.74) is 0.812. The van der Waals surface area contributed by atoms with E-state index < -0.39 is 0 Å². The van der Waals surface area contributed by atoms with Crippen LogP contribution in [-0.2, 0) is 0 Å². The zero-order valence-electron chi connectivity index (χ0n) is 9.04. The number of piperidine rings is 1. The lowest BCUT2D eigenvalue weighted by atomic mass is 9.77. The quantitative estimate of drug-likeness (QED) is 0.670. The van der Waals surface area contributed by atoms with E-state index in [2.05, 4.69) is 33.0 Å². The van der Waals surface area contributed by atoms with E-state index in [1.807, 2.05) is 0 Å². The molecule has 0 saturated carbocycles. The van der Waals surface area contributed by atoms with Crippen LogP contribution in [0.15, 0.2) is 0 Å². The highest BCUT2D eigenvalue weighted by Crippen LogP contribution is 2.32. The average molecular weight is 169 g/mol. The van der Waals surface area contributed by atoms with E-state index >= 15 is 0 Å². The van der Waals surface area contributed by atoms with Gasteiger partial charge in [0.25, 0.3) is 0 Å². The molecule has 72 valence electrons. The number of nitrogens with one attached hydrogen (secondary N) is 1. The van der Waals surface area contributed by atoms with E-state index in [1.54, 1.807) is 0 Å². The van der Waals surface area contributed by atoms with E-state index in [9.17, 15) is 0 Å². The Labute approximate surface area is 76.9 Å². The summed E-state index contributed by atoms with van der Waals surface area (Å²) in [7, 11) is 0. The van der Waals surface area contributed by atoms with Gasteiger partial charge in [-0.3, -0.25) is 0 Å². The predicted molar refractivity (Wildman–Crippen MR) is 54.4 cm³/mol. The molecule has 1 heterocycles. The first-order chi connectivity index (χ1) is 5.54. The van der Waals surface area contributed by atoms with E-state index in [0.29, 0.717) is 11.1 Å². The van der Waals surface area contributed by atoms with E-state index in [0.717, 1.165) is 0 Å². The highest BCUT2D eigenvalue weighted by molar-refractivity contribution is 4.97. The summed E-state index contributed by atoms with van der Waals surface area (Å²) in [6.07, 6.45) is 6.62. The molecule has 0 amide bonds. The molecule has 0 radical (unpaired) electrons. The fraction of sp³-hybridized carbons (Fsp3) is 1.00. The Hall–Kier alpha value is -0.0400. The second-order valence-electron chi connectivity index (χ2n) is 4.85. The molecule has 1 aliphatic rings. The highest BCUT2D eigenvalue weighted by Gasteiger charge is 2.35. The second kappa shape index (κ2) is 3.37. The van der Waals surface area contributed by atoms with Gasteiger partial charge in [0, 0.05) is 11.1 Å². The Bertz CT molecular complexity index is 145. The molecule has 12 heavy (non-hydrogen) atoms. The van der Waals surface area contributed by atoms with Crippen LogP contribution in [0.25, 0.3) is 0 Å². The van der Waals surface area contributed by atoms with Crippen LogP contribution in [0, 0.1) is 0 Å². The Morgan fingerprint density at radius 1 is 1.08 bits per heavy atom. The van der Waals surface area contributed by atoms with E-state index in [-0.39, 0.29) is 0 Å². The SMILES string of the molecule is CCC1(CC)CCCC(C)(C)N1. The van der Waals surface area contributed by atoms with Crippen LogP contribution in [-0.4, -0.2) is 11.1 Å². The molecule has 0 aromatic rings. The number of hydrogen-bond donors (Lipinski definition) is 1. The molecule has 1 fully saturated rings. The second-order valence-corrected chi connectivity index (χ2v) is 4.85. The van der Waals surface area contributed by atoms with Gasteiger partial charge in [-0.05, 0) is 46.0 Å². The Balaban J connectivity index is 2.65. The molecule has 1 aliphatic heterocycles. The Morgan fingerprint density at radius 2 is 1.67 bits per heavy atom. The summed E-state index contributed by atoms with van der Waals surface area (Å²) in [5, 5.41) is 3.81. The number of rotatable bonds is 2. The maximum atomic E-state index is 3.81. The summed E-state index contributed by atoms with van der Waals surface area (Å²) in [6, 6.07) is 0. The van der Waals surface area contributed by atoms with Crippen LogP contribution in [0.5, 0.6) is 0 Å². The standard InChI is InChI=1S/C11H23N/c1-5-11(6-2)9-7-8-10(3,4)12-11/h12H,5-9H2,1-4H3. The molecule has 0 bridgehead atoms. The van der Waals surface area contributed by atoms with Crippen molar-refractivity contribution in [2.45, 2.75) is 70.9 Å². The van der Waals surface area contributed by atoms with Crippen molar-refractivity contribution < 1.29 is 0 Å². The van der Waals surface area contributed by atoms with Crippen molar-refractivity contribution >= 4 is 0 Å². The zero-order chi connectivity index (χ0) is 9.24. The van der Waals surface area contributed by atoms with Crippen molar-refractivity contribution in [3.63, 3.8) is 0 Å². The van der Waals surface area contributed by atoms with Crippen molar-refractivity contribution in [3.05, 3.63) is 0 Å². The molecular weight excluding hydrogens is 146 g/mol. The molecule has 1 saturated heterocycles. The summed E-state index contributed by atoms with van der Waals surface area (Å²) in [4.78, 5) is 0. The lowest BCUT2D eigenvalue weighted by Gasteiger charge is -2.46. The van der Waals surface area contributed by atoms with Gasteiger partial charge in [0.05, 0.1) is 0 Å². The first-order valence-corrected chi connectivity index (χ1v) is 5.33. The first-order valence-electron chi connectivity index (χ1n) is 5.33. The van der Waals surface area contributed by atoms with Gasteiger partial charge >= 0.3 is 0 Å². The molecule has 1 rings (SSSR count). The molecular formula is C11H23N. The maximum absolute atomic E-state index is 3.81. The lowest BCUT2D eigenvalue weighted by molar-refractivity contribution is 0.143. The monoisotopic (exact) mass is 169 g/mol. The third-order valence-electron chi connectivity index (χ3n) is 3.41. The first kappa shape index (κ1) is 10.0. The molecule has 0 unspecified atom stereocenters. The lowest BCUT2D eigenvalue weighted by Crippen LogP contribution is -2.57. The molecule has 0 aromatic heterocycles. The maximum Gasteiger partial charge on any atom is 0.0181 e. The van der Waals surface area contributed by atoms with Crippen LogP contribution in [0.1, 0.15) is 59.8 Å². The summed E-state index contributed by atoms with van der Waals surface area (Å²) >= 11 is 0. The van der Waals surface area contributed by atoms with Gasteiger partial charge in [-0.15, -0.1) is 0 Å². The summed E-state index contributed by atoms with van der Waals surface area (Å²) in [6.45, 7) is 9.26. The van der Waals surface area contributed by atoms with Crippen molar-refractivity contribution in [1.29, 1.82) is 0 Å². The molecule has 0 atom stereocenters. The number of hydrogen-bond acceptors (Lipinski definition) is 1. The largest absolute Gasteiger partial charge is 0.306 e. The molecule has 1 N–H and O–H groups in total. The van der Waals surface area contributed by atoms with Crippen molar-refractivity contribution in [2.24, 2.45) is 0 Å². The van der Waals surface area contributed by atoms with E-state index in [1.165, 1.54) is 32.1 Å². The highest BCUT2D eigenvalue weighted by atomic mass is 15.1. The van der Waals surface area contributed by atoms with Crippen LogP contribution in [0.4, 0.5) is 0 Å². The summed E-state index contributed by atoms with van der Waals surface area (Å²) < 4.78 is 0. The van der Waals surface area contributed by atoms with Crippen LogP contribution >= 0.6 is 0 Å². The van der Waals surface area contributed by atoms with Crippen LogP contribution in [0.3, 0.4) is 0 Å². The zero-order valence-corrected chi connectivity index (χ0v) is 9.04. The molecule has 0 aliphatic carbocycles. The van der Waals surface area contributed by atoms with Gasteiger partial charge in [-0.2, -0.15) is 0 Å². The van der Waals surface area contributed by atoms with Gasteiger partial charge in [-0.1, -0.05) is 13.8 Å². The fourth-order valence-electron chi connectivity index (χ4n) is 2.49. The summed E-state index contributed by atoms with van der Waals surface area (Å²) in [5.74, 6) is 0. The van der Waals surface area contributed by atoms with Gasteiger partial charge in [0.2, 0.25) is 0 Å². The topological polar surface area (TPSA) is 12.0 Å². The van der Waals surface area contributed by atoms with Gasteiger partial charge < -0.3 is 5.32 Å². The normalized spacial score (nSPS) is 27.0. The minimum absolute atomic E-state index is 0.365. The van der Waals surface area contributed by atoms with Gasteiger partial charge in [0.1, 0.15) is 0 Å². The van der Waals surface area contributed by atoms with E-state index in [4.69, 9.17) is 0 Å². The van der Waals surface area contributed by atoms with Crippen molar-refractivity contribution in [3.8, 4) is 0 Å². The molecule has 1 heteroatoms.